The Labute approximate surface area is 102 Å². The van der Waals surface area contributed by atoms with Crippen LogP contribution in [0.15, 0.2) is 42.5 Å². The maximum absolute atomic E-state index is 9.67. The Morgan fingerprint density at radius 1 is 1.06 bits per heavy atom. The van der Waals surface area contributed by atoms with Crippen LogP contribution < -0.4 is 5.73 Å². The van der Waals surface area contributed by atoms with Crippen LogP contribution in [-0.2, 0) is 12.8 Å². The average Bonchev–Trinajstić information content (AvgIpc) is 2.37. The molecule has 2 aromatic carbocycles. The minimum Gasteiger partial charge on any atom is -0.506 e. The second-order valence-corrected chi connectivity index (χ2v) is 4.15. The first kappa shape index (κ1) is 11.5. The highest BCUT2D eigenvalue weighted by molar-refractivity contribution is 5.61. The molecule has 0 aliphatic heterocycles. The monoisotopic (exact) mass is 227 g/mol. The minimum atomic E-state index is 0.174. The van der Waals surface area contributed by atoms with Gasteiger partial charge >= 0.3 is 0 Å². The van der Waals surface area contributed by atoms with Crippen LogP contribution in [0.4, 0.5) is 5.69 Å². The predicted molar refractivity (Wildman–Crippen MR) is 71.1 cm³/mol. The van der Waals surface area contributed by atoms with Gasteiger partial charge in [0.15, 0.2) is 0 Å². The highest BCUT2D eigenvalue weighted by atomic mass is 16.3. The molecule has 0 aliphatic rings. The number of aryl methyl sites for hydroxylation is 1. The topological polar surface area (TPSA) is 46.2 Å². The SMILES string of the molecule is CCc1ccc(O)c(N)c1Cc1ccccc1. The summed E-state index contributed by atoms with van der Waals surface area (Å²) in [7, 11) is 0. The van der Waals surface area contributed by atoms with Gasteiger partial charge in [-0.1, -0.05) is 43.3 Å². The largest absolute Gasteiger partial charge is 0.506 e. The highest BCUT2D eigenvalue weighted by Gasteiger charge is 2.09. The number of aromatic hydroxyl groups is 1. The van der Waals surface area contributed by atoms with Gasteiger partial charge in [0.05, 0.1) is 5.69 Å². The number of hydrogen-bond donors (Lipinski definition) is 2. The predicted octanol–water partition coefficient (Wildman–Crippen LogP) is 3.13. The number of phenols is 1. The van der Waals surface area contributed by atoms with Gasteiger partial charge < -0.3 is 10.8 Å². The van der Waals surface area contributed by atoms with Crippen LogP contribution in [0, 0.1) is 0 Å². The summed E-state index contributed by atoms with van der Waals surface area (Å²) in [5.74, 6) is 0.174. The average molecular weight is 227 g/mol. The van der Waals surface area contributed by atoms with Crippen LogP contribution in [0.5, 0.6) is 5.75 Å². The number of rotatable bonds is 3. The minimum absolute atomic E-state index is 0.174. The molecule has 0 amide bonds. The lowest BCUT2D eigenvalue weighted by Crippen LogP contribution is -2.01. The van der Waals surface area contributed by atoms with Gasteiger partial charge in [0.2, 0.25) is 0 Å². The van der Waals surface area contributed by atoms with E-state index >= 15 is 0 Å². The van der Waals surface area contributed by atoms with E-state index in [1.165, 1.54) is 11.1 Å². The Morgan fingerprint density at radius 3 is 2.41 bits per heavy atom. The van der Waals surface area contributed by atoms with Crippen LogP contribution in [0.3, 0.4) is 0 Å². The molecular weight excluding hydrogens is 210 g/mol. The molecule has 0 aromatic heterocycles. The Hall–Kier alpha value is -1.96. The van der Waals surface area contributed by atoms with Crippen LogP contribution >= 0.6 is 0 Å². The molecule has 3 N–H and O–H groups in total. The van der Waals surface area contributed by atoms with Gasteiger partial charge in [-0.3, -0.25) is 0 Å². The molecule has 0 atom stereocenters. The fraction of sp³-hybridized carbons (Fsp3) is 0.200. The summed E-state index contributed by atoms with van der Waals surface area (Å²) in [5, 5.41) is 9.67. The first-order valence-electron chi connectivity index (χ1n) is 5.85. The normalized spacial score (nSPS) is 10.4. The summed E-state index contributed by atoms with van der Waals surface area (Å²) in [6.07, 6.45) is 1.69. The second-order valence-electron chi connectivity index (χ2n) is 4.15. The molecule has 0 unspecified atom stereocenters. The molecule has 2 aromatic rings. The molecule has 2 heteroatoms. The fourth-order valence-electron chi connectivity index (χ4n) is 2.04. The number of nitrogen functional groups attached to an aromatic ring is 1. The number of benzene rings is 2. The molecule has 2 rings (SSSR count). The lowest BCUT2D eigenvalue weighted by atomic mass is 9.96. The number of hydrogen-bond acceptors (Lipinski definition) is 2. The molecule has 0 heterocycles. The summed E-state index contributed by atoms with van der Waals surface area (Å²) in [6.45, 7) is 2.10. The van der Waals surface area contributed by atoms with Crippen molar-refractivity contribution >= 4 is 5.69 Å². The van der Waals surface area contributed by atoms with Crippen molar-refractivity contribution in [1.29, 1.82) is 0 Å². The van der Waals surface area contributed by atoms with Gasteiger partial charge in [-0.25, -0.2) is 0 Å². The van der Waals surface area contributed by atoms with Crippen molar-refractivity contribution in [3.8, 4) is 5.75 Å². The third kappa shape index (κ3) is 2.41. The molecule has 0 saturated carbocycles. The van der Waals surface area contributed by atoms with Gasteiger partial charge in [0, 0.05) is 0 Å². The van der Waals surface area contributed by atoms with E-state index in [2.05, 4.69) is 19.1 Å². The van der Waals surface area contributed by atoms with E-state index in [1.54, 1.807) is 6.07 Å². The van der Waals surface area contributed by atoms with E-state index in [0.717, 1.165) is 18.4 Å². The second kappa shape index (κ2) is 4.91. The summed E-state index contributed by atoms with van der Waals surface area (Å²) in [5.41, 5.74) is 9.91. The van der Waals surface area contributed by atoms with Crippen LogP contribution in [0.25, 0.3) is 0 Å². The molecule has 0 aliphatic carbocycles. The smallest absolute Gasteiger partial charge is 0.138 e. The van der Waals surface area contributed by atoms with Crippen molar-refractivity contribution < 1.29 is 5.11 Å². The van der Waals surface area contributed by atoms with E-state index in [9.17, 15) is 5.11 Å². The Balaban J connectivity index is 2.41. The van der Waals surface area contributed by atoms with Crippen molar-refractivity contribution in [3.05, 3.63) is 59.2 Å². The lowest BCUT2D eigenvalue weighted by molar-refractivity contribution is 0.477. The molecule has 0 fully saturated rings. The Bertz CT molecular complexity index is 506. The standard InChI is InChI=1S/C15H17NO/c1-2-12-8-9-14(17)15(16)13(12)10-11-6-4-3-5-7-11/h3-9,17H,2,10,16H2,1H3. The van der Waals surface area contributed by atoms with Gasteiger partial charge in [-0.2, -0.15) is 0 Å². The molecule has 0 bridgehead atoms. The quantitative estimate of drug-likeness (QED) is 0.625. The van der Waals surface area contributed by atoms with E-state index in [4.69, 9.17) is 5.73 Å². The molecule has 0 saturated heterocycles. The summed E-state index contributed by atoms with van der Waals surface area (Å²) in [4.78, 5) is 0. The molecule has 0 spiro atoms. The number of anilines is 1. The van der Waals surface area contributed by atoms with Crippen molar-refractivity contribution in [3.63, 3.8) is 0 Å². The van der Waals surface area contributed by atoms with Crippen LogP contribution in [0.2, 0.25) is 0 Å². The van der Waals surface area contributed by atoms with E-state index in [1.807, 2.05) is 24.3 Å². The van der Waals surface area contributed by atoms with E-state index in [-0.39, 0.29) is 5.75 Å². The van der Waals surface area contributed by atoms with Crippen LogP contribution in [0.1, 0.15) is 23.6 Å². The van der Waals surface area contributed by atoms with Gasteiger partial charge in [0.25, 0.3) is 0 Å². The Morgan fingerprint density at radius 2 is 1.76 bits per heavy atom. The molecule has 2 nitrogen and oxygen atoms in total. The van der Waals surface area contributed by atoms with Gasteiger partial charge in [-0.15, -0.1) is 0 Å². The first-order chi connectivity index (χ1) is 8.22. The Kier molecular flexibility index (Phi) is 3.33. The number of nitrogens with two attached hydrogens (primary N) is 1. The van der Waals surface area contributed by atoms with Crippen molar-refractivity contribution in [2.75, 3.05) is 5.73 Å². The van der Waals surface area contributed by atoms with Crippen LogP contribution in [-0.4, -0.2) is 5.11 Å². The van der Waals surface area contributed by atoms with E-state index in [0.29, 0.717) is 5.69 Å². The zero-order chi connectivity index (χ0) is 12.3. The van der Waals surface area contributed by atoms with E-state index < -0.39 is 0 Å². The molecule has 17 heavy (non-hydrogen) atoms. The first-order valence-corrected chi connectivity index (χ1v) is 5.85. The fourth-order valence-corrected chi connectivity index (χ4v) is 2.04. The zero-order valence-corrected chi connectivity index (χ0v) is 9.98. The van der Waals surface area contributed by atoms with Crippen molar-refractivity contribution in [1.82, 2.24) is 0 Å². The van der Waals surface area contributed by atoms with Gasteiger partial charge in [-0.05, 0) is 35.6 Å². The number of phenolic OH excluding ortho intramolecular Hbond substituents is 1. The third-order valence-electron chi connectivity index (χ3n) is 3.04. The van der Waals surface area contributed by atoms with Gasteiger partial charge in [0.1, 0.15) is 5.75 Å². The summed E-state index contributed by atoms with van der Waals surface area (Å²) >= 11 is 0. The molecule has 88 valence electrons. The lowest BCUT2D eigenvalue weighted by Gasteiger charge is -2.12. The van der Waals surface area contributed by atoms with Crippen molar-refractivity contribution in [2.24, 2.45) is 0 Å². The summed E-state index contributed by atoms with van der Waals surface area (Å²) < 4.78 is 0. The zero-order valence-electron chi connectivity index (χ0n) is 9.98. The highest BCUT2D eigenvalue weighted by Crippen LogP contribution is 2.29. The maximum atomic E-state index is 9.67. The molecular formula is C15H17NO. The maximum Gasteiger partial charge on any atom is 0.138 e. The van der Waals surface area contributed by atoms with Crippen molar-refractivity contribution in [2.45, 2.75) is 19.8 Å². The third-order valence-corrected chi connectivity index (χ3v) is 3.04. The summed E-state index contributed by atoms with van der Waals surface area (Å²) in [6, 6.07) is 13.8. The molecule has 0 radical (unpaired) electrons.